The van der Waals surface area contributed by atoms with Gasteiger partial charge in [-0.25, -0.2) is 4.79 Å². The van der Waals surface area contributed by atoms with E-state index < -0.39 is 65.7 Å². The fourth-order valence-corrected chi connectivity index (χ4v) is 4.88. The van der Waals surface area contributed by atoms with Gasteiger partial charge in [-0.15, -0.1) is 0 Å². The van der Waals surface area contributed by atoms with E-state index in [0.29, 0.717) is 31.4 Å². The molecule has 0 heterocycles. The molecule has 0 radical (unpaired) electrons. The topological polar surface area (TPSA) is 378 Å². The van der Waals surface area contributed by atoms with E-state index in [2.05, 4.69) is 31.3 Å². The van der Waals surface area contributed by atoms with Crippen molar-refractivity contribution in [2.75, 3.05) is 19.6 Å². The predicted molar refractivity (Wildman–Crippen MR) is 195 cm³/mol. The van der Waals surface area contributed by atoms with Crippen molar-refractivity contribution in [3.63, 3.8) is 0 Å². The number of rotatable bonds is 26. The number of carboxylic acid groups (broad SMARTS) is 1. The van der Waals surface area contributed by atoms with Crippen LogP contribution >= 0.6 is 0 Å². The van der Waals surface area contributed by atoms with Gasteiger partial charge in [-0.2, -0.15) is 0 Å². The average Bonchev–Trinajstić information content (AvgIpc) is 3.08. The number of nitrogens with two attached hydrogens (primary N) is 7. The van der Waals surface area contributed by atoms with Gasteiger partial charge in [-0.05, 0) is 63.5 Å². The molecule has 20 heteroatoms. The predicted octanol–water partition coefficient (Wildman–Crippen LogP) is -3.92. The molecule has 0 saturated carbocycles. The molecular formula is C32H55N13O7. The Morgan fingerprint density at radius 2 is 1.10 bits per heavy atom. The molecule has 19 N–H and O–H groups in total. The van der Waals surface area contributed by atoms with Crippen LogP contribution in [0.2, 0.25) is 0 Å². The van der Waals surface area contributed by atoms with Crippen LogP contribution in [-0.2, 0) is 35.2 Å². The molecule has 1 rings (SSSR count). The van der Waals surface area contributed by atoms with Gasteiger partial charge in [0.25, 0.3) is 0 Å². The third-order valence-corrected chi connectivity index (χ3v) is 7.67. The maximum absolute atomic E-state index is 13.7. The Kier molecular flexibility index (Phi) is 21.1. The van der Waals surface area contributed by atoms with Crippen LogP contribution in [0.4, 0.5) is 0 Å². The molecule has 20 nitrogen and oxygen atoms in total. The first-order chi connectivity index (χ1) is 24.6. The number of carbonyl (C=O) groups excluding carboxylic acids is 5. The third-order valence-electron chi connectivity index (χ3n) is 7.67. The summed E-state index contributed by atoms with van der Waals surface area (Å²) in [6.07, 6.45) is 1.32. The number of carboxylic acids is 1. The Hall–Kier alpha value is -5.50. The second kappa shape index (κ2) is 24.6. The number of amides is 5. The lowest BCUT2D eigenvalue weighted by Gasteiger charge is -2.26. The van der Waals surface area contributed by atoms with Crippen molar-refractivity contribution in [3.05, 3.63) is 35.9 Å². The lowest BCUT2D eigenvalue weighted by atomic mass is 10.0. The molecule has 0 saturated heterocycles. The van der Waals surface area contributed by atoms with Gasteiger partial charge in [0.15, 0.2) is 11.9 Å². The molecule has 290 valence electrons. The summed E-state index contributed by atoms with van der Waals surface area (Å²) in [4.78, 5) is 85.2. The van der Waals surface area contributed by atoms with Crippen LogP contribution in [0.15, 0.2) is 40.3 Å². The molecule has 0 aliphatic heterocycles. The van der Waals surface area contributed by atoms with Gasteiger partial charge in [0, 0.05) is 25.9 Å². The van der Waals surface area contributed by atoms with Crippen molar-refractivity contribution in [1.82, 2.24) is 21.3 Å². The van der Waals surface area contributed by atoms with Crippen LogP contribution in [0, 0.1) is 0 Å². The quantitative estimate of drug-likeness (QED) is 0.0246. The van der Waals surface area contributed by atoms with E-state index in [-0.39, 0.29) is 70.0 Å². The lowest BCUT2D eigenvalue weighted by Crippen LogP contribution is -2.59. The van der Waals surface area contributed by atoms with E-state index in [0.717, 1.165) is 0 Å². The summed E-state index contributed by atoms with van der Waals surface area (Å²) in [7, 11) is 0. The number of nitrogens with one attached hydrogen (secondary N) is 4. The number of hydrogen-bond acceptors (Lipinski definition) is 10. The van der Waals surface area contributed by atoms with Gasteiger partial charge in [0.2, 0.25) is 29.5 Å². The first-order valence-corrected chi connectivity index (χ1v) is 17.0. The summed E-state index contributed by atoms with van der Waals surface area (Å²) in [6, 6.07) is 2.46. The molecule has 52 heavy (non-hydrogen) atoms. The van der Waals surface area contributed by atoms with Crippen LogP contribution in [0.25, 0.3) is 0 Å². The monoisotopic (exact) mass is 733 g/mol. The number of guanidine groups is 2. The van der Waals surface area contributed by atoms with Crippen molar-refractivity contribution >= 4 is 47.4 Å². The number of unbranched alkanes of at least 4 members (excludes halogenated alkanes) is 1. The zero-order valence-electron chi connectivity index (χ0n) is 29.3. The van der Waals surface area contributed by atoms with Crippen LogP contribution in [0.1, 0.15) is 63.4 Å². The Balaban J connectivity index is 3.28. The smallest absolute Gasteiger partial charge is 0.326 e. The number of nitrogens with zero attached hydrogens (tertiary/aromatic N) is 2. The number of benzene rings is 1. The summed E-state index contributed by atoms with van der Waals surface area (Å²) in [5.74, 6) is -5.41. The van der Waals surface area contributed by atoms with Crippen molar-refractivity contribution in [2.45, 2.75) is 94.4 Å². The minimum Gasteiger partial charge on any atom is -0.480 e. The number of aliphatic carboxylic acids is 1. The molecule has 5 atom stereocenters. The number of primary amides is 1. The van der Waals surface area contributed by atoms with E-state index in [1.807, 2.05) is 0 Å². The van der Waals surface area contributed by atoms with Gasteiger partial charge in [0.05, 0.1) is 6.04 Å². The van der Waals surface area contributed by atoms with E-state index in [1.165, 1.54) is 0 Å². The van der Waals surface area contributed by atoms with Gasteiger partial charge in [0.1, 0.15) is 24.2 Å². The van der Waals surface area contributed by atoms with E-state index in [4.69, 9.17) is 40.1 Å². The van der Waals surface area contributed by atoms with Crippen molar-refractivity contribution < 1.29 is 33.9 Å². The van der Waals surface area contributed by atoms with Gasteiger partial charge in [-0.1, -0.05) is 30.3 Å². The van der Waals surface area contributed by atoms with E-state index >= 15 is 0 Å². The molecule has 1 aromatic carbocycles. The average molecular weight is 734 g/mol. The second-order valence-corrected chi connectivity index (χ2v) is 12.1. The molecule has 0 aliphatic rings. The van der Waals surface area contributed by atoms with Crippen molar-refractivity contribution in [1.29, 1.82) is 0 Å². The van der Waals surface area contributed by atoms with E-state index in [1.54, 1.807) is 30.3 Å². The van der Waals surface area contributed by atoms with Crippen molar-refractivity contribution in [3.8, 4) is 0 Å². The van der Waals surface area contributed by atoms with Gasteiger partial charge < -0.3 is 66.5 Å². The number of aliphatic imine (C=N–C) groups is 2. The standard InChI is InChI=1S/C32H55N13O7/c33-15-5-4-11-23(30(51)52)44-29(50)24(18-19-8-2-1-3-9-19)45-28(49)22(13-14-25(35)46)43-27(48)21(12-7-17-41-32(38)39)42-26(47)20(34)10-6-16-40-31(36)37/h1-3,8-9,20-24H,4-7,10-18,33-34H2,(H2,35,46)(H,42,47)(H,43,48)(H,44,50)(H,45,49)(H,51,52)(H4,36,37,40)(H4,38,39,41)/t20-,21-,22-,23-,24-/m0/s1. The highest BCUT2D eigenvalue weighted by Gasteiger charge is 2.32. The molecule has 0 aromatic heterocycles. The highest BCUT2D eigenvalue weighted by molar-refractivity contribution is 5.95. The summed E-state index contributed by atoms with van der Waals surface area (Å²) < 4.78 is 0. The fraction of sp³-hybridized carbons (Fsp3) is 0.562. The van der Waals surface area contributed by atoms with Gasteiger partial charge >= 0.3 is 5.97 Å². The SMILES string of the molecule is NCCCC[C@H](NC(=O)[C@H](Cc1ccccc1)NC(=O)[C@H](CCC(N)=O)NC(=O)[C@H](CCCN=C(N)N)NC(=O)[C@@H](N)CCCN=C(N)N)C(=O)O. The normalized spacial score (nSPS) is 13.6. The number of carbonyl (C=O) groups is 6. The summed E-state index contributed by atoms with van der Waals surface area (Å²) in [6.45, 7) is 0.703. The first kappa shape index (κ1) is 44.5. The Bertz CT molecular complexity index is 1370. The van der Waals surface area contributed by atoms with Crippen molar-refractivity contribution in [2.24, 2.45) is 50.1 Å². The minimum atomic E-state index is -1.41. The summed E-state index contributed by atoms with van der Waals surface area (Å²) in [5.41, 5.74) is 39.0. The van der Waals surface area contributed by atoms with Crippen LogP contribution in [0.3, 0.4) is 0 Å². The third kappa shape index (κ3) is 19.0. The summed E-state index contributed by atoms with van der Waals surface area (Å²) in [5, 5.41) is 19.9. The van der Waals surface area contributed by atoms with Crippen LogP contribution < -0.4 is 61.4 Å². The largest absolute Gasteiger partial charge is 0.480 e. The summed E-state index contributed by atoms with van der Waals surface area (Å²) >= 11 is 0. The Morgan fingerprint density at radius 1 is 0.615 bits per heavy atom. The molecular weight excluding hydrogens is 678 g/mol. The Morgan fingerprint density at radius 3 is 1.63 bits per heavy atom. The fourth-order valence-electron chi connectivity index (χ4n) is 4.88. The Labute approximate surface area is 302 Å². The lowest BCUT2D eigenvalue weighted by molar-refractivity contribution is -0.142. The van der Waals surface area contributed by atoms with E-state index in [9.17, 15) is 33.9 Å². The van der Waals surface area contributed by atoms with Gasteiger partial charge in [-0.3, -0.25) is 34.0 Å². The van der Waals surface area contributed by atoms with Crippen LogP contribution in [-0.4, -0.2) is 102 Å². The first-order valence-electron chi connectivity index (χ1n) is 17.0. The molecule has 0 aliphatic carbocycles. The highest BCUT2D eigenvalue weighted by Crippen LogP contribution is 2.09. The highest BCUT2D eigenvalue weighted by atomic mass is 16.4. The maximum Gasteiger partial charge on any atom is 0.326 e. The minimum absolute atomic E-state index is 0.0268. The molecule has 0 spiro atoms. The molecule has 0 unspecified atom stereocenters. The molecule has 1 aromatic rings. The zero-order chi connectivity index (χ0) is 39.1. The second-order valence-electron chi connectivity index (χ2n) is 12.1. The molecule has 5 amide bonds. The maximum atomic E-state index is 13.7. The van der Waals surface area contributed by atoms with Crippen LogP contribution in [0.5, 0.6) is 0 Å². The number of hydrogen-bond donors (Lipinski definition) is 12. The molecule has 0 bridgehead atoms. The molecule has 0 fully saturated rings. The zero-order valence-corrected chi connectivity index (χ0v) is 29.3.